The summed E-state index contributed by atoms with van der Waals surface area (Å²) < 4.78 is 5.55. The molecule has 2 N–H and O–H groups in total. The Kier molecular flexibility index (Phi) is 1.81. The van der Waals surface area contributed by atoms with Crippen molar-refractivity contribution in [3.8, 4) is 0 Å². The summed E-state index contributed by atoms with van der Waals surface area (Å²) in [5.41, 5.74) is 6.84. The van der Waals surface area contributed by atoms with Crippen LogP contribution in [0.2, 0.25) is 10.0 Å². The zero-order chi connectivity index (χ0) is 10.6. The van der Waals surface area contributed by atoms with Crippen LogP contribution in [-0.4, -0.2) is 4.98 Å². The second-order valence-electron chi connectivity index (χ2n) is 3.91. The first-order valence-electron chi connectivity index (χ1n) is 4.63. The SMILES string of the molecule is NC1(c2nc3cc(Cl)cc(Cl)c3o2)CC1. The molecule has 1 heterocycles. The van der Waals surface area contributed by atoms with Crippen LogP contribution in [0.25, 0.3) is 11.1 Å². The van der Waals surface area contributed by atoms with Crippen molar-refractivity contribution in [2.75, 3.05) is 0 Å². The molecule has 1 aromatic carbocycles. The minimum atomic E-state index is -0.380. The summed E-state index contributed by atoms with van der Waals surface area (Å²) in [5, 5.41) is 1.02. The quantitative estimate of drug-likeness (QED) is 0.837. The maximum Gasteiger partial charge on any atom is 0.215 e. The first-order chi connectivity index (χ1) is 7.08. The Morgan fingerprint density at radius 2 is 2.07 bits per heavy atom. The van der Waals surface area contributed by atoms with E-state index in [2.05, 4.69) is 4.98 Å². The number of aromatic nitrogens is 1. The Morgan fingerprint density at radius 3 is 2.73 bits per heavy atom. The molecule has 5 heteroatoms. The molecule has 0 atom stereocenters. The number of nitrogens with zero attached hydrogens (tertiary/aromatic N) is 1. The van der Waals surface area contributed by atoms with E-state index in [9.17, 15) is 0 Å². The molecule has 0 amide bonds. The van der Waals surface area contributed by atoms with Gasteiger partial charge in [-0.15, -0.1) is 0 Å². The fraction of sp³-hybridized carbons (Fsp3) is 0.300. The summed E-state index contributed by atoms with van der Waals surface area (Å²) in [6.45, 7) is 0. The van der Waals surface area contributed by atoms with Crippen LogP contribution in [0.4, 0.5) is 0 Å². The van der Waals surface area contributed by atoms with Crippen molar-refractivity contribution in [2.45, 2.75) is 18.4 Å². The Hall–Kier alpha value is -0.770. The van der Waals surface area contributed by atoms with Gasteiger partial charge in [0.15, 0.2) is 5.58 Å². The number of hydrogen-bond acceptors (Lipinski definition) is 3. The lowest BCUT2D eigenvalue weighted by Crippen LogP contribution is -2.18. The zero-order valence-electron chi connectivity index (χ0n) is 7.76. The van der Waals surface area contributed by atoms with Crippen molar-refractivity contribution >= 4 is 34.3 Å². The van der Waals surface area contributed by atoms with Gasteiger partial charge in [0.1, 0.15) is 5.52 Å². The van der Waals surface area contributed by atoms with E-state index in [0.717, 1.165) is 12.8 Å². The number of halogens is 2. The molecule has 3 nitrogen and oxygen atoms in total. The van der Waals surface area contributed by atoms with Crippen molar-refractivity contribution in [1.82, 2.24) is 4.98 Å². The topological polar surface area (TPSA) is 52.0 Å². The van der Waals surface area contributed by atoms with E-state index in [0.29, 0.717) is 27.0 Å². The normalized spacial score (nSPS) is 18.3. The molecule has 1 aliphatic carbocycles. The summed E-state index contributed by atoms with van der Waals surface area (Å²) in [7, 11) is 0. The predicted molar refractivity (Wildman–Crippen MR) is 59.1 cm³/mol. The number of rotatable bonds is 1. The number of oxazole rings is 1. The van der Waals surface area contributed by atoms with E-state index in [4.69, 9.17) is 33.4 Å². The molecule has 0 spiro atoms. The second-order valence-corrected chi connectivity index (χ2v) is 4.75. The van der Waals surface area contributed by atoms with Crippen LogP contribution in [0.15, 0.2) is 16.5 Å². The second kappa shape index (κ2) is 2.88. The molecule has 3 rings (SSSR count). The molecule has 0 bridgehead atoms. The van der Waals surface area contributed by atoms with Gasteiger partial charge in [-0.05, 0) is 25.0 Å². The van der Waals surface area contributed by atoms with Crippen molar-refractivity contribution in [1.29, 1.82) is 0 Å². The molecule has 0 unspecified atom stereocenters. The van der Waals surface area contributed by atoms with Crippen LogP contribution in [0, 0.1) is 0 Å². The van der Waals surface area contributed by atoms with Gasteiger partial charge in [-0.3, -0.25) is 0 Å². The molecule has 1 saturated carbocycles. The first kappa shape index (κ1) is 9.46. The van der Waals surface area contributed by atoms with Crippen molar-refractivity contribution in [2.24, 2.45) is 5.73 Å². The minimum Gasteiger partial charge on any atom is -0.437 e. The molecule has 1 fully saturated rings. The van der Waals surface area contributed by atoms with Crippen LogP contribution in [0.3, 0.4) is 0 Å². The van der Waals surface area contributed by atoms with Gasteiger partial charge < -0.3 is 10.2 Å². The Morgan fingerprint density at radius 1 is 1.33 bits per heavy atom. The van der Waals surface area contributed by atoms with E-state index in [1.807, 2.05) is 0 Å². The molecule has 15 heavy (non-hydrogen) atoms. The minimum absolute atomic E-state index is 0.380. The Labute approximate surface area is 96.2 Å². The molecule has 78 valence electrons. The van der Waals surface area contributed by atoms with E-state index in [1.165, 1.54) is 0 Å². The molecular formula is C10H8Cl2N2O. The van der Waals surface area contributed by atoms with Crippen molar-refractivity contribution in [3.63, 3.8) is 0 Å². The summed E-state index contributed by atoms with van der Waals surface area (Å²) in [6.07, 6.45) is 1.82. The third-order valence-corrected chi connectivity index (χ3v) is 3.12. The largest absolute Gasteiger partial charge is 0.437 e. The fourth-order valence-corrected chi connectivity index (χ4v) is 2.04. The van der Waals surface area contributed by atoms with Gasteiger partial charge in [-0.25, -0.2) is 4.98 Å². The van der Waals surface area contributed by atoms with Gasteiger partial charge >= 0.3 is 0 Å². The zero-order valence-corrected chi connectivity index (χ0v) is 9.27. The maximum absolute atomic E-state index is 5.99. The van der Waals surface area contributed by atoms with Crippen molar-refractivity contribution < 1.29 is 4.42 Å². The lowest BCUT2D eigenvalue weighted by atomic mass is 10.3. The molecule has 1 aromatic heterocycles. The molecule has 0 aliphatic heterocycles. The van der Waals surface area contributed by atoms with Gasteiger partial charge in [-0.2, -0.15) is 0 Å². The Bertz CT molecular complexity index is 546. The smallest absolute Gasteiger partial charge is 0.215 e. The number of benzene rings is 1. The first-order valence-corrected chi connectivity index (χ1v) is 5.39. The molecule has 2 aromatic rings. The lowest BCUT2D eigenvalue weighted by Gasteiger charge is -1.99. The fourth-order valence-electron chi connectivity index (χ4n) is 1.52. The lowest BCUT2D eigenvalue weighted by molar-refractivity contribution is 0.466. The monoisotopic (exact) mass is 242 g/mol. The number of nitrogens with two attached hydrogens (primary N) is 1. The van der Waals surface area contributed by atoms with E-state index >= 15 is 0 Å². The van der Waals surface area contributed by atoms with Gasteiger partial charge in [-0.1, -0.05) is 23.2 Å². The van der Waals surface area contributed by atoms with Gasteiger partial charge in [0.05, 0.1) is 10.6 Å². The highest BCUT2D eigenvalue weighted by Crippen LogP contribution is 2.43. The van der Waals surface area contributed by atoms with Crippen LogP contribution in [-0.2, 0) is 5.54 Å². The van der Waals surface area contributed by atoms with Crippen LogP contribution in [0.1, 0.15) is 18.7 Å². The number of fused-ring (bicyclic) bond motifs is 1. The van der Waals surface area contributed by atoms with Gasteiger partial charge in [0, 0.05) is 5.02 Å². The third kappa shape index (κ3) is 1.42. The molecular weight excluding hydrogens is 235 g/mol. The van der Waals surface area contributed by atoms with Crippen LogP contribution < -0.4 is 5.73 Å². The van der Waals surface area contributed by atoms with E-state index in [1.54, 1.807) is 12.1 Å². The highest BCUT2D eigenvalue weighted by Gasteiger charge is 2.45. The van der Waals surface area contributed by atoms with E-state index < -0.39 is 0 Å². The standard InChI is InChI=1S/C10H8Cl2N2O/c11-5-3-6(12)8-7(4-5)14-9(15-8)10(13)1-2-10/h3-4H,1-2,13H2. The molecule has 1 aliphatic rings. The summed E-state index contributed by atoms with van der Waals surface area (Å²) in [5.74, 6) is 0.557. The van der Waals surface area contributed by atoms with Crippen LogP contribution in [0.5, 0.6) is 0 Å². The van der Waals surface area contributed by atoms with Gasteiger partial charge in [0.25, 0.3) is 0 Å². The average molecular weight is 243 g/mol. The number of hydrogen-bond donors (Lipinski definition) is 1. The summed E-state index contributed by atoms with van der Waals surface area (Å²) in [4.78, 5) is 4.31. The van der Waals surface area contributed by atoms with Gasteiger partial charge in [0.2, 0.25) is 5.89 Å². The molecule has 0 saturated heterocycles. The predicted octanol–water partition coefficient (Wildman–Crippen LogP) is 3.08. The highest BCUT2D eigenvalue weighted by molar-refractivity contribution is 6.37. The summed E-state index contributed by atoms with van der Waals surface area (Å²) in [6, 6.07) is 3.36. The highest BCUT2D eigenvalue weighted by atomic mass is 35.5. The average Bonchev–Trinajstić information content (AvgIpc) is 2.77. The summed E-state index contributed by atoms with van der Waals surface area (Å²) >= 11 is 11.9. The third-order valence-electron chi connectivity index (χ3n) is 2.62. The van der Waals surface area contributed by atoms with E-state index in [-0.39, 0.29) is 5.54 Å². The molecule has 0 radical (unpaired) electrons. The van der Waals surface area contributed by atoms with Crippen molar-refractivity contribution in [3.05, 3.63) is 28.1 Å². The maximum atomic E-state index is 5.99. The Balaban J connectivity index is 2.25. The van der Waals surface area contributed by atoms with Crippen LogP contribution >= 0.6 is 23.2 Å².